The molecule has 112 valence electrons. The number of phenols is 1. The van der Waals surface area contributed by atoms with Crippen LogP contribution in [0.4, 0.5) is 0 Å². The summed E-state index contributed by atoms with van der Waals surface area (Å²) in [6.45, 7) is 3.40. The fourth-order valence-electron chi connectivity index (χ4n) is 2.77. The van der Waals surface area contributed by atoms with E-state index in [0.29, 0.717) is 42.1 Å². The van der Waals surface area contributed by atoms with Crippen LogP contribution in [0.25, 0.3) is 11.0 Å². The largest absolute Gasteiger partial charge is 0.508 e. The van der Waals surface area contributed by atoms with Crippen LogP contribution in [0.5, 0.6) is 5.75 Å². The van der Waals surface area contributed by atoms with Crippen LogP contribution in [0.15, 0.2) is 22.6 Å². The minimum absolute atomic E-state index is 0.104. The predicted molar refractivity (Wildman–Crippen MR) is 76.6 cm³/mol. The third-order valence-electron chi connectivity index (χ3n) is 3.77. The van der Waals surface area contributed by atoms with Crippen LogP contribution >= 0.6 is 0 Å². The summed E-state index contributed by atoms with van der Waals surface area (Å²) in [4.78, 5) is 12.3. The van der Waals surface area contributed by atoms with E-state index in [-0.39, 0.29) is 11.7 Å². The van der Waals surface area contributed by atoms with Crippen molar-refractivity contribution in [3.63, 3.8) is 0 Å². The average Bonchev–Trinajstić information content (AvgIpc) is 2.87. The number of rotatable bonds is 3. The first-order valence-electron chi connectivity index (χ1n) is 7.21. The summed E-state index contributed by atoms with van der Waals surface area (Å²) in [5, 5.41) is 10.3. The molecule has 5 nitrogen and oxygen atoms in total. The lowest BCUT2D eigenvalue weighted by Crippen LogP contribution is -2.16. The number of ether oxygens (including phenoxy) is 2. The van der Waals surface area contributed by atoms with Crippen LogP contribution in [0.3, 0.4) is 0 Å². The molecule has 0 aliphatic carbocycles. The molecule has 5 heteroatoms. The molecule has 3 rings (SSSR count). The topological polar surface area (TPSA) is 68.9 Å². The van der Waals surface area contributed by atoms with Gasteiger partial charge in [0.25, 0.3) is 0 Å². The van der Waals surface area contributed by atoms with Crippen molar-refractivity contribution in [2.75, 3.05) is 19.8 Å². The molecule has 0 bridgehead atoms. The molecule has 0 saturated carbocycles. The van der Waals surface area contributed by atoms with Gasteiger partial charge in [-0.2, -0.15) is 0 Å². The number of hydrogen-bond donors (Lipinski definition) is 1. The smallest absolute Gasteiger partial charge is 0.342 e. The second-order valence-corrected chi connectivity index (χ2v) is 5.13. The van der Waals surface area contributed by atoms with Crippen molar-refractivity contribution in [1.29, 1.82) is 0 Å². The molecule has 1 aliphatic heterocycles. The number of aromatic hydroxyl groups is 1. The Morgan fingerprint density at radius 1 is 1.38 bits per heavy atom. The lowest BCUT2D eigenvalue weighted by atomic mass is 9.94. The number of fused-ring (bicyclic) bond motifs is 1. The van der Waals surface area contributed by atoms with E-state index in [9.17, 15) is 9.90 Å². The molecule has 1 fully saturated rings. The molecular formula is C16H18O5. The van der Waals surface area contributed by atoms with Gasteiger partial charge in [-0.25, -0.2) is 4.79 Å². The van der Waals surface area contributed by atoms with Crippen LogP contribution < -0.4 is 0 Å². The molecule has 1 saturated heterocycles. The van der Waals surface area contributed by atoms with E-state index in [1.807, 2.05) is 0 Å². The summed E-state index contributed by atoms with van der Waals surface area (Å²) in [6.07, 6.45) is 1.64. The predicted octanol–water partition coefficient (Wildman–Crippen LogP) is 3.21. The molecule has 0 amide bonds. The molecule has 1 N–H and O–H groups in total. The third kappa shape index (κ3) is 2.61. The number of esters is 1. The fourth-order valence-corrected chi connectivity index (χ4v) is 2.77. The third-order valence-corrected chi connectivity index (χ3v) is 3.77. The number of furan rings is 1. The van der Waals surface area contributed by atoms with Gasteiger partial charge in [-0.15, -0.1) is 0 Å². The van der Waals surface area contributed by atoms with E-state index in [0.717, 1.165) is 12.8 Å². The quantitative estimate of drug-likeness (QED) is 0.879. The van der Waals surface area contributed by atoms with E-state index in [1.165, 1.54) is 0 Å². The standard InChI is InChI=1S/C16H18O5/c1-2-20-16(18)14-12-9-11(17)3-4-13(12)21-15(14)10-5-7-19-8-6-10/h3-4,9-10,17H,2,5-8H2,1H3. The Hall–Kier alpha value is -2.01. The molecular weight excluding hydrogens is 272 g/mol. The summed E-state index contributed by atoms with van der Waals surface area (Å²) in [5.74, 6) is 0.501. The molecule has 0 spiro atoms. The maximum Gasteiger partial charge on any atom is 0.342 e. The van der Waals surface area contributed by atoms with Gasteiger partial charge in [0.15, 0.2) is 0 Å². The monoisotopic (exact) mass is 290 g/mol. The highest BCUT2D eigenvalue weighted by Gasteiger charge is 2.29. The van der Waals surface area contributed by atoms with Gasteiger partial charge in [0.05, 0.1) is 6.61 Å². The van der Waals surface area contributed by atoms with Gasteiger partial charge in [0.2, 0.25) is 0 Å². The zero-order valence-corrected chi connectivity index (χ0v) is 11.9. The number of carbonyl (C=O) groups excluding carboxylic acids is 1. The van der Waals surface area contributed by atoms with Crippen molar-refractivity contribution in [3.05, 3.63) is 29.5 Å². The summed E-state index contributed by atoms with van der Waals surface area (Å²) in [7, 11) is 0. The molecule has 21 heavy (non-hydrogen) atoms. The number of phenolic OH excluding ortho intramolecular Hbond substituents is 1. The lowest BCUT2D eigenvalue weighted by molar-refractivity contribution is 0.0517. The molecule has 0 radical (unpaired) electrons. The Balaban J connectivity index is 2.12. The Labute approximate surface area is 122 Å². The van der Waals surface area contributed by atoms with Crippen molar-refractivity contribution in [3.8, 4) is 5.75 Å². The van der Waals surface area contributed by atoms with Crippen molar-refractivity contribution < 1.29 is 23.8 Å². The second kappa shape index (κ2) is 5.77. The molecule has 1 aromatic carbocycles. The maximum atomic E-state index is 12.3. The zero-order chi connectivity index (χ0) is 14.8. The first kappa shape index (κ1) is 13.9. The van der Waals surface area contributed by atoms with Crippen molar-refractivity contribution >= 4 is 16.9 Å². The minimum Gasteiger partial charge on any atom is -0.508 e. The number of benzene rings is 1. The van der Waals surface area contributed by atoms with Gasteiger partial charge in [-0.1, -0.05) is 0 Å². The SMILES string of the molecule is CCOC(=O)c1c(C2CCOCC2)oc2ccc(O)cc12. The van der Waals surface area contributed by atoms with Gasteiger partial charge < -0.3 is 19.0 Å². The van der Waals surface area contributed by atoms with Crippen molar-refractivity contribution in [2.45, 2.75) is 25.7 Å². The van der Waals surface area contributed by atoms with Gasteiger partial charge in [0.1, 0.15) is 22.7 Å². The Morgan fingerprint density at radius 2 is 2.14 bits per heavy atom. The average molecular weight is 290 g/mol. The van der Waals surface area contributed by atoms with Crippen LogP contribution in [0, 0.1) is 0 Å². The second-order valence-electron chi connectivity index (χ2n) is 5.13. The van der Waals surface area contributed by atoms with Gasteiger partial charge in [-0.05, 0) is 38.0 Å². The van der Waals surface area contributed by atoms with E-state index < -0.39 is 5.97 Å². The summed E-state index contributed by atoms with van der Waals surface area (Å²) < 4.78 is 16.4. The normalized spacial score (nSPS) is 16.2. The van der Waals surface area contributed by atoms with E-state index in [1.54, 1.807) is 25.1 Å². The first-order chi connectivity index (χ1) is 10.2. The van der Waals surface area contributed by atoms with Crippen LogP contribution in [0.2, 0.25) is 0 Å². The molecule has 2 heterocycles. The summed E-state index contributed by atoms with van der Waals surface area (Å²) >= 11 is 0. The highest BCUT2D eigenvalue weighted by Crippen LogP contribution is 2.37. The van der Waals surface area contributed by atoms with Gasteiger partial charge >= 0.3 is 5.97 Å². The minimum atomic E-state index is -0.400. The summed E-state index contributed by atoms with van der Waals surface area (Å²) in [6, 6.07) is 4.78. The Kier molecular flexibility index (Phi) is 3.84. The van der Waals surface area contributed by atoms with Gasteiger partial charge in [0, 0.05) is 24.5 Å². The van der Waals surface area contributed by atoms with E-state index in [2.05, 4.69) is 0 Å². The molecule has 0 atom stereocenters. The van der Waals surface area contributed by atoms with E-state index >= 15 is 0 Å². The molecule has 2 aromatic rings. The number of hydrogen-bond acceptors (Lipinski definition) is 5. The summed E-state index contributed by atoms with van der Waals surface area (Å²) in [5.41, 5.74) is 1.03. The van der Waals surface area contributed by atoms with Crippen molar-refractivity contribution in [1.82, 2.24) is 0 Å². The molecule has 0 unspecified atom stereocenters. The van der Waals surface area contributed by atoms with Gasteiger partial charge in [-0.3, -0.25) is 0 Å². The number of carbonyl (C=O) groups is 1. The Morgan fingerprint density at radius 3 is 2.86 bits per heavy atom. The zero-order valence-electron chi connectivity index (χ0n) is 11.9. The highest BCUT2D eigenvalue weighted by atomic mass is 16.5. The molecule has 1 aromatic heterocycles. The van der Waals surface area contributed by atoms with E-state index in [4.69, 9.17) is 13.9 Å². The van der Waals surface area contributed by atoms with Crippen molar-refractivity contribution in [2.24, 2.45) is 0 Å². The molecule has 1 aliphatic rings. The fraction of sp³-hybridized carbons (Fsp3) is 0.438. The van der Waals surface area contributed by atoms with Crippen LogP contribution in [-0.2, 0) is 9.47 Å². The lowest BCUT2D eigenvalue weighted by Gasteiger charge is -2.20. The first-order valence-corrected chi connectivity index (χ1v) is 7.21. The maximum absolute atomic E-state index is 12.3. The van der Waals surface area contributed by atoms with Crippen LogP contribution in [-0.4, -0.2) is 30.9 Å². The Bertz CT molecular complexity index is 652. The highest BCUT2D eigenvalue weighted by molar-refractivity contribution is 6.05. The van der Waals surface area contributed by atoms with Crippen LogP contribution in [0.1, 0.15) is 41.8 Å².